The van der Waals surface area contributed by atoms with E-state index in [0.29, 0.717) is 12.3 Å². The van der Waals surface area contributed by atoms with E-state index >= 15 is 0 Å². The zero-order valence-electron chi connectivity index (χ0n) is 8.62. The summed E-state index contributed by atoms with van der Waals surface area (Å²) in [5.41, 5.74) is 0.564. The van der Waals surface area contributed by atoms with Crippen molar-refractivity contribution in [3.05, 3.63) is 11.8 Å². The van der Waals surface area contributed by atoms with Gasteiger partial charge in [0.05, 0.1) is 13.7 Å². The Balaban J connectivity index is 3.88. The number of methoxy groups -OCH3 is 1. The van der Waals surface area contributed by atoms with Crippen LogP contribution in [0, 0.1) is 0 Å². The molecule has 80 valence electrons. The van der Waals surface area contributed by atoms with Crippen molar-refractivity contribution in [2.45, 2.75) is 13.8 Å². The summed E-state index contributed by atoms with van der Waals surface area (Å²) in [7, 11) is 1.30. The van der Waals surface area contributed by atoms with Crippen LogP contribution in [0.5, 0.6) is 0 Å². The standard InChI is InChI=1S/C9H15NO4/c1-4-14-8(11)5-7(2)10-6-9(12)13-3/h5,10H,4,6H2,1-3H3/b7-5+. The number of carbonyl (C=O) groups is 2. The number of allylic oxidation sites excluding steroid dienone is 1. The van der Waals surface area contributed by atoms with Gasteiger partial charge in [0.15, 0.2) is 0 Å². The van der Waals surface area contributed by atoms with E-state index < -0.39 is 5.97 Å². The Morgan fingerprint density at radius 1 is 1.43 bits per heavy atom. The van der Waals surface area contributed by atoms with Crippen LogP contribution in [0.25, 0.3) is 0 Å². The SMILES string of the molecule is CCOC(=O)/C=C(\C)NCC(=O)OC. The molecule has 0 atom stereocenters. The molecule has 0 aliphatic rings. The average Bonchev–Trinajstić information content (AvgIpc) is 2.14. The van der Waals surface area contributed by atoms with Crippen LogP contribution in [0.15, 0.2) is 11.8 Å². The van der Waals surface area contributed by atoms with Crippen LogP contribution in [0.4, 0.5) is 0 Å². The molecule has 0 heterocycles. The van der Waals surface area contributed by atoms with Gasteiger partial charge in [0.2, 0.25) is 0 Å². The first-order valence-corrected chi connectivity index (χ1v) is 4.25. The summed E-state index contributed by atoms with van der Waals surface area (Å²) in [5, 5.41) is 2.71. The van der Waals surface area contributed by atoms with Crippen LogP contribution in [0.2, 0.25) is 0 Å². The fourth-order valence-electron chi connectivity index (χ4n) is 0.695. The molecule has 0 bridgehead atoms. The normalized spacial score (nSPS) is 10.6. The minimum atomic E-state index is -0.428. The maximum Gasteiger partial charge on any atom is 0.332 e. The highest BCUT2D eigenvalue weighted by Gasteiger charge is 2.01. The summed E-state index contributed by atoms with van der Waals surface area (Å²) in [5.74, 6) is -0.816. The van der Waals surface area contributed by atoms with E-state index in [2.05, 4.69) is 14.8 Å². The van der Waals surface area contributed by atoms with E-state index in [1.807, 2.05) is 0 Å². The Labute approximate surface area is 83.1 Å². The van der Waals surface area contributed by atoms with Crippen molar-refractivity contribution in [3.8, 4) is 0 Å². The maximum absolute atomic E-state index is 10.9. The van der Waals surface area contributed by atoms with Gasteiger partial charge in [-0.1, -0.05) is 0 Å². The summed E-state index contributed by atoms with van der Waals surface area (Å²) >= 11 is 0. The molecule has 1 N–H and O–H groups in total. The van der Waals surface area contributed by atoms with Crippen molar-refractivity contribution >= 4 is 11.9 Å². The zero-order chi connectivity index (χ0) is 11.0. The fourth-order valence-corrected chi connectivity index (χ4v) is 0.695. The molecule has 0 aromatic heterocycles. The van der Waals surface area contributed by atoms with Crippen LogP contribution < -0.4 is 5.32 Å². The molecule has 0 saturated carbocycles. The zero-order valence-corrected chi connectivity index (χ0v) is 8.62. The second kappa shape index (κ2) is 6.94. The molecular formula is C9H15NO4. The number of ether oxygens (including phenoxy) is 2. The Morgan fingerprint density at radius 3 is 2.57 bits per heavy atom. The molecule has 14 heavy (non-hydrogen) atoms. The first-order chi connectivity index (χ1) is 6.60. The third-order valence-corrected chi connectivity index (χ3v) is 1.36. The van der Waals surface area contributed by atoms with Gasteiger partial charge in [-0.05, 0) is 13.8 Å². The van der Waals surface area contributed by atoms with E-state index in [4.69, 9.17) is 0 Å². The molecule has 0 amide bonds. The van der Waals surface area contributed by atoms with Crippen molar-refractivity contribution < 1.29 is 19.1 Å². The maximum atomic E-state index is 10.9. The molecule has 5 nitrogen and oxygen atoms in total. The molecule has 0 aromatic carbocycles. The van der Waals surface area contributed by atoms with Gasteiger partial charge in [-0.3, -0.25) is 4.79 Å². The highest BCUT2D eigenvalue weighted by Crippen LogP contribution is 1.89. The minimum absolute atomic E-state index is 0.0399. The summed E-state index contributed by atoms with van der Waals surface area (Å²) in [6, 6.07) is 0. The molecule has 0 radical (unpaired) electrons. The van der Waals surface area contributed by atoms with Crippen LogP contribution >= 0.6 is 0 Å². The molecule has 0 rings (SSSR count). The quantitative estimate of drug-likeness (QED) is 0.509. The lowest BCUT2D eigenvalue weighted by molar-refractivity contribution is -0.140. The Morgan fingerprint density at radius 2 is 2.07 bits per heavy atom. The van der Waals surface area contributed by atoms with Crippen LogP contribution in [-0.4, -0.2) is 32.2 Å². The Bertz CT molecular complexity index is 235. The lowest BCUT2D eigenvalue weighted by Crippen LogP contribution is -2.22. The van der Waals surface area contributed by atoms with Gasteiger partial charge >= 0.3 is 11.9 Å². The van der Waals surface area contributed by atoms with Gasteiger partial charge in [-0.25, -0.2) is 4.79 Å². The van der Waals surface area contributed by atoms with Gasteiger partial charge < -0.3 is 14.8 Å². The molecular weight excluding hydrogens is 186 g/mol. The van der Waals surface area contributed by atoms with Crippen LogP contribution in [-0.2, 0) is 19.1 Å². The highest BCUT2D eigenvalue weighted by atomic mass is 16.5. The van der Waals surface area contributed by atoms with Crippen molar-refractivity contribution in [3.63, 3.8) is 0 Å². The first-order valence-electron chi connectivity index (χ1n) is 4.25. The predicted octanol–water partition coefficient (Wildman–Crippen LogP) is 0.216. The van der Waals surface area contributed by atoms with Gasteiger partial charge in [0, 0.05) is 11.8 Å². The second-order valence-corrected chi connectivity index (χ2v) is 2.51. The average molecular weight is 201 g/mol. The molecule has 0 aromatic rings. The van der Waals surface area contributed by atoms with Gasteiger partial charge in [-0.2, -0.15) is 0 Å². The van der Waals surface area contributed by atoms with E-state index in [1.54, 1.807) is 13.8 Å². The number of hydrogen-bond donors (Lipinski definition) is 1. The molecule has 5 heteroatoms. The smallest absolute Gasteiger partial charge is 0.332 e. The third-order valence-electron chi connectivity index (χ3n) is 1.36. The van der Waals surface area contributed by atoms with E-state index in [9.17, 15) is 9.59 Å². The Hall–Kier alpha value is -1.52. The topological polar surface area (TPSA) is 64.6 Å². The van der Waals surface area contributed by atoms with E-state index in [0.717, 1.165) is 0 Å². The Kier molecular flexibility index (Phi) is 6.19. The number of esters is 2. The number of hydrogen-bond acceptors (Lipinski definition) is 5. The number of carbonyl (C=O) groups excluding carboxylic acids is 2. The largest absolute Gasteiger partial charge is 0.468 e. The van der Waals surface area contributed by atoms with Gasteiger partial charge in [-0.15, -0.1) is 0 Å². The van der Waals surface area contributed by atoms with Crippen LogP contribution in [0.3, 0.4) is 0 Å². The lowest BCUT2D eigenvalue weighted by atomic mass is 10.4. The molecule has 0 aliphatic carbocycles. The highest BCUT2D eigenvalue weighted by molar-refractivity contribution is 5.82. The van der Waals surface area contributed by atoms with Crippen LogP contribution in [0.1, 0.15) is 13.8 Å². The molecule has 0 saturated heterocycles. The van der Waals surface area contributed by atoms with E-state index in [-0.39, 0.29) is 12.5 Å². The van der Waals surface area contributed by atoms with Crippen molar-refractivity contribution in [2.24, 2.45) is 0 Å². The number of nitrogens with one attached hydrogen (secondary N) is 1. The predicted molar refractivity (Wildman–Crippen MR) is 50.4 cm³/mol. The minimum Gasteiger partial charge on any atom is -0.468 e. The van der Waals surface area contributed by atoms with Crippen molar-refractivity contribution in [1.82, 2.24) is 5.32 Å². The molecule has 0 aliphatic heterocycles. The van der Waals surface area contributed by atoms with Gasteiger partial charge in [0.1, 0.15) is 6.54 Å². The van der Waals surface area contributed by atoms with Crippen molar-refractivity contribution in [2.75, 3.05) is 20.3 Å². The fraction of sp³-hybridized carbons (Fsp3) is 0.556. The summed E-state index contributed by atoms with van der Waals surface area (Å²) < 4.78 is 9.08. The summed E-state index contributed by atoms with van der Waals surface area (Å²) in [6.07, 6.45) is 1.28. The number of rotatable bonds is 5. The third kappa shape index (κ3) is 6.05. The first kappa shape index (κ1) is 12.5. The van der Waals surface area contributed by atoms with Crippen molar-refractivity contribution in [1.29, 1.82) is 0 Å². The second-order valence-electron chi connectivity index (χ2n) is 2.51. The molecule has 0 fully saturated rings. The van der Waals surface area contributed by atoms with E-state index in [1.165, 1.54) is 13.2 Å². The molecule has 0 spiro atoms. The molecule has 0 unspecified atom stereocenters. The summed E-state index contributed by atoms with van der Waals surface area (Å²) in [6.45, 7) is 3.76. The monoisotopic (exact) mass is 201 g/mol. The summed E-state index contributed by atoms with van der Waals surface area (Å²) in [4.78, 5) is 21.6. The van der Waals surface area contributed by atoms with Gasteiger partial charge in [0.25, 0.3) is 0 Å². The lowest BCUT2D eigenvalue weighted by Gasteiger charge is -2.04.